The van der Waals surface area contributed by atoms with Crippen LogP contribution in [0.4, 0.5) is 0 Å². The van der Waals surface area contributed by atoms with Gasteiger partial charge in [-0.05, 0) is 57.8 Å². The fraction of sp³-hybridized carbons (Fsp3) is 0.827. The Morgan fingerprint density at radius 1 is 0.545 bits per heavy atom. The molecule has 0 radical (unpaired) electrons. The molecule has 0 aromatic carbocycles. The van der Waals surface area contributed by atoms with E-state index in [0.29, 0.717) is 6.42 Å². The Hall–Kier alpha value is -2.05. The van der Waals surface area contributed by atoms with Gasteiger partial charge in [-0.2, -0.15) is 0 Å². The van der Waals surface area contributed by atoms with Crippen molar-refractivity contribution < 1.29 is 64.6 Å². The summed E-state index contributed by atoms with van der Waals surface area (Å²) in [6, 6.07) is -0.912. The molecule has 2 aliphatic heterocycles. The lowest BCUT2D eigenvalue weighted by Gasteiger charge is -2.46. The number of aliphatic hydroxyl groups excluding tert-OH is 8. The van der Waals surface area contributed by atoms with Gasteiger partial charge in [0.1, 0.15) is 48.8 Å². The Bertz CT molecular complexity index is 1290. The fourth-order valence-corrected chi connectivity index (χ4v) is 8.24. The maximum absolute atomic E-state index is 13.1. The number of amides is 1. The molecular formula is C52H93NO13. The van der Waals surface area contributed by atoms with Crippen LogP contribution in [0, 0.1) is 0 Å². The summed E-state index contributed by atoms with van der Waals surface area (Å²) in [5.41, 5.74) is 0. The predicted octanol–water partition coefficient (Wildman–Crippen LogP) is 6.88. The molecule has 384 valence electrons. The first-order valence-electron chi connectivity index (χ1n) is 25.9. The molecule has 0 spiro atoms. The monoisotopic (exact) mass is 940 g/mol. The molecule has 12 unspecified atom stereocenters. The van der Waals surface area contributed by atoms with Gasteiger partial charge in [-0.25, -0.2) is 0 Å². The molecule has 2 rings (SSSR count). The van der Waals surface area contributed by atoms with E-state index >= 15 is 0 Å². The van der Waals surface area contributed by atoms with Crippen LogP contribution in [-0.4, -0.2) is 140 Å². The van der Waals surface area contributed by atoms with Gasteiger partial charge >= 0.3 is 0 Å². The molecule has 0 aromatic heterocycles. The SMILES string of the molecule is CCCCC/C=C/C(O)C(COC1OC(CO)C(OC2OC(CO)C(O)C(O)C2O)C(O)C1O)NC(=O)CCCCCCCCCCCCCC/C=C\C/C=C\C/C=C\CCCCCCC. The Morgan fingerprint density at radius 3 is 1.56 bits per heavy atom. The highest BCUT2D eigenvalue weighted by atomic mass is 16.7. The fourth-order valence-electron chi connectivity index (χ4n) is 8.24. The van der Waals surface area contributed by atoms with E-state index in [9.17, 15) is 45.6 Å². The van der Waals surface area contributed by atoms with E-state index in [1.807, 2.05) is 6.08 Å². The highest BCUT2D eigenvalue weighted by molar-refractivity contribution is 5.76. The maximum atomic E-state index is 13.1. The third-order valence-electron chi connectivity index (χ3n) is 12.5. The van der Waals surface area contributed by atoms with Gasteiger partial charge in [0.2, 0.25) is 5.91 Å². The number of carbonyl (C=O) groups excluding carboxylic acids is 1. The summed E-state index contributed by atoms with van der Waals surface area (Å²) >= 11 is 0. The van der Waals surface area contributed by atoms with Crippen molar-refractivity contribution in [2.45, 2.75) is 254 Å². The van der Waals surface area contributed by atoms with Crippen LogP contribution in [0.5, 0.6) is 0 Å². The Kier molecular flexibility index (Phi) is 35.3. The Labute approximate surface area is 397 Å². The van der Waals surface area contributed by atoms with Crippen molar-refractivity contribution in [3.8, 4) is 0 Å². The zero-order valence-electron chi connectivity index (χ0n) is 40.7. The van der Waals surface area contributed by atoms with Crippen molar-refractivity contribution in [3.63, 3.8) is 0 Å². The average molecular weight is 940 g/mol. The summed E-state index contributed by atoms with van der Waals surface area (Å²) in [6.07, 6.45) is 29.4. The molecule has 2 fully saturated rings. The lowest BCUT2D eigenvalue weighted by Crippen LogP contribution is -2.65. The van der Waals surface area contributed by atoms with Crippen molar-refractivity contribution in [1.82, 2.24) is 5.32 Å². The first-order valence-corrected chi connectivity index (χ1v) is 25.9. The molecule has 0 bridgehead atoms. The summed E-state index contributed by atoms with van der Waals surface area (Å²) in [5.74, 6) is -0.251. The van der Waals surface area contributed by atoms with Crippen molar-refractivity contribution in [2.24, 2.45) is 0 Å². The second kappa shape index (κ2) is 38.8. The summed E-state index contributed by atoms with van der Waals surface area (Å²) < 4.78 is 22.5. The minimum absolute atomic E-state index is 0.251. The number of ether oxygens (including phenoxy) is 4. The van der Waals surface area contributed by atoms with E-state index in [4.69, 9.17) is 18.9 Å². The van der Waals surface area contributed by atoms with Gasteiger partial charge in [0, 0.05) is 6.42 Å². The highest BCUT2D eigenvalue weighted by Gasteiger charge is 2.51. The topological polar surface area (TPSA) is 228 Å². The van der Waals surface area contributed by atoms with Gasteiger partial charge in [-0.3, -0.25) is 4.79 Å². The van der Waals surface area contributed by atoms with Gasteiger partial charge < -0.3 is 65.1 Å². The molecule has 0 aliphatic carbocycles. The van der Waals surface area contributed by atoms with Gasteiger partial charge in [0.05, 0.1) is 32.0 Å². The van der Waals surface area contributed by atoms with Crippen molar-refractivity contribution in [3.05, 3.63) is 48.6 Å². The molecule has 1 amide bonds. The minimum Gasteiger partial charge on any atom is -0.394 e. The normalized spacial score (nSPS) is 27.2. The van der Waals surface area contributed by atoms with Gasteiger partial charge in [0.15, 0.2) is 12.6 Å². The molecule has 2 aliphatic rings. The largest absolute Gasteiger partial charge is 0.394 e. The van der Waals surface area contributed by atoms with Crippen LogP contribution in [0.25, 0.3) is 0 Å². The molecule has 0 saturated carbocycles. The van der Waals surface area contributed by atoms with E-state index in [-0.39, 0.29) is 18.9 Å². The predicted molar refractivity (Wildman–Crippen MR) is 258 cm³/mol. The van der Waals surface area contributed by atoms with Crippen molar-refractivity contribution in [1.29, 1.82) is 0 Å². The van der Waals surface area contributed by atoms with E-state index < -0.39 is 86.8 Å². The van der Waals surface area contributed by atoms with Gasteiger partial charge in [-0.1, -0.05) is 165 Å². The average Bonchev–Trinajstić information content (AvgIpc) is 3.31. The smallest absolute Gasteiger partial charge is 0.220 e. The van der Waals surface area contributed by atoms with Crippen LogP contribution in [0.1, 0.15) is 181 Å². The molecule has 12 atom stereocenters. The molecular weight excluding hydrogens is 847 g/mol. The molecule has 14 heteroatoms. The van der Waals surface area contributed by atoms with Crippen LogP contribution in [0.3, 0.4) is 0 Å². The zero-order valence-corrected chi connectivity index (χ0v) is 40.7. The van der Waals surface area contributed by atoms with Crippen LogP contribution >= 0.6 is 0 Å². The first-order chi connectivity index (χ1) is 32.1. The van der Waals surface area contributed by atoms with E-state index in [1.165, 1.54) is 96.3 Å². The van der Waals surface area contributed by atoms with Gasteiger partial charge in [-0.15, -0.1) is 0 Å². The van der Waals surface area contributed by atoms with Crippen molar-refractivity contribution in [2.75, 3.05) is 19.8 Å². The van der Waals surface area contributed by atoms with Gasteiger partial charge in [0.25, 0.3) is 0 Å². The number of hydrogen-bond donors (Lipinski definition) is 9. The molecule has 2 heterocycles. The summed E-state index contributed by atoms with van der Waals surface area (Å²) in [4.78, 5) is 13.1. The van der Waals surface area contributed by atoms with Crippen molar-refractivity contribution >= 4 is 5.91 Å². The molecule has 2 saturated heterocycles. The zero-order chi connectivity index (χ0) is 48.2. The lowest BCUT2D eigenvalue weighted by atomic mass is 9.97. The maximum Gasteiger partial charge on any atom is 0.220 e. The summed E-state index contributed by atoms with van der Waals surface area (Å²) in [5, 5.41) is 86.2. The quantitative estimate of drug-likeness (QED) is 0.0227. The van der Waals surface area contributed by atoms with Crippen LogP contribution < -0.4 is 5.32 Å². The second-order valence-electron chi connectivity index (χ2n) is 18.3. The Balaban J connectivity index is 1.64. The lowest BCUT2D eigenvalue weighted by molar-refractivity contribution is -0.359. The molecule has 0 aromatic rings. The number of rotatable bonds is 39. The van der Waals surface area contributed by atoms with E-state index in [1.54, 1.807) is 6.08 Å². The number of hydrogen-bond acceptors (Lipinski definition) is 13. The van der Waals surface area contributed by atoms with Crippen LogP contribution in [-0.2, 0) is 23.7 Å². The minimum atomic E-state index is -1.79. The van der Waals surface area contributed by atoms with E-state index in [0.717, 1.165) is 57.8 Å². The molecule has 9 N–H and O–H groups in total. The first kappa shape index (κ1) is 60.1. The number of unbranched alkanes of at least 4 members (excludes halogenated alkanes) is 20. The third kappa shape index (κ3) is 25.5. The van der Waals surface area contributed by atoms with E-state index in [2.05, 4.69) is 55.6 Å². The number of allylic oxidation sites excluding steroid dienone is 7. The Morgan fingerprint density at radius 2 is 1.00 bits per heavy atom. The molecule has 66 heavy (non-hydrogen) atoms. The summed E-state index contributed by atoms with van der Waals surface area (Å²) in [7, 11) is 0. The number of aliphatic hydroxyl groups is 8. The number of nitrogens with one attached hydrogen (secondary N) is 1. The molecule has 14 nitrogen and oxygen atoms in total. The standard InChI is InChI=1S/C52H93NO13/c1-3-5-7-9-10-11-12-13-14-15-16-17-18-19-20-21-22-23-24-25-26-27-28-29-30-32-34-36-44(57)53-40(41(56)35-33-31-8-6-4-2)39-63-51-49(62)47(60)50(43(38-55)65-51)66-52-48(61)46(59)45(58)42(37-54)64-52/h12-13,15-16,18-19,33,35,40-43,45-52,54-56,58-62H,3-11,14,17,20-32,34,36-39H2,1-2H3,(H,53,57)/b13-12-,16-15-,19-18-,35-33+. The summed E-state index contributed by atoms with van der Waals surface area (Å²) in [6.45, 7) is 2.64. The number of carbonyl (C=O) groups is 1. The van der Waals surface area contributed by atoms with Crippen LogP contribution in [0.15, 0.2) is 48.6 Å². The second-order valence-corrected chi connectivity index (χ2v) is 18.3. The third-order valence-corrected chi connectivity index (χ3v) is 12.5. The van der Waals surface area contributed by atoms with Crippen LogP contribution in [0.2, 0.25) is 0 Å². The highest BCUT2D eigenvalue weighted by Crippen LogP contribution is 2.30.